The molecule has 5 heteroatoms. The van der Waals surface area contributed by atoms with Gasteiger partial charge < -0.3 is 5.32 Å². The van der Waals surface area contributed by atoms with Gasteiger partial charge >= 0.3 is 0 Å². The molecule has 0 saturated carbocycles. The molecule has 0 bridgehead atoms. The lowest BCUT2D eigenvalue weighted by Gasteiger charge is -2.11. The number of thiazole rings is 1. The zero-order valence-corrected chi connectivity index (χ0v) is 15.1. The van der Waals surface area contributed by atoms with Crippen LogP contribution in [0.5, 0.6) is 0 Å². The van der Waals surface area contributed by atoms with Gasteiger partial charge in [-0.15, -0.1) is 11.3 Å². The highest BCUT2D eigenvalue weighted by atomic mass is 79.9. The minimum absolute atomic E-state index is 0.899. The second-order valence-corrected chi connectivity index (χ2v) is 7.05. The predicted molar refractivity (Wildman–Crippen MR) is 97.8 cm³/mol. The van der Waals surface area contributed by atoms with Crippen LogP contribution < -0.4 is 5.32 Å². The fraction of sp³-hybridized carbons (Fsp3) is 0.294. The van der Waals surface area contributed by atoms with Crippen molar-refractivity contribution in [3.63, 3.8) is 0 Å². The number of hydrogen-bond donors (Lipinski definition) is 1. The van der Waals surface area contributed by atoms with Crippen LogP contribution in [0.4, 0.5) is 5.82 Å². The van der Waals surface area contributed by atoms with E-state index in [4.69, 9.17) is 0 Å². The SMILES string of the molecule is Cc1csc(CCCNc2nc(C)c(Br)c3ccccc23)n1. The van der Waals surface area contributed by atoms with Gasteiger partial charge in [0.15, 0.2) is 0 Å². The van der Waals surface area contributed by atoms with Crippen molar-refractivity contribution < 1.29 is 0 Å². The molecule has 0 atom stereocenters. The van der Waals surface area contributed by atoms with Crippen molar-refractivity contribution in [1.82, 2.24) is 9.97 Å². The average molecular weight is 376 g/mol. The first-order valence-corrected chi connectivity index (χ1v) is 9.02. The number of benzene rings is 1. The lowest BCUT2D eigenvalue weighted by molar-refractivity contribution is 0.848. The maximum Gasteiger partial charge on any atom is 0.134 e. The number of anilines is 1. The first-order valence-electron chi connectivity index (χ1n) is 7.35. The molecule has 3 rings (SSSR count). The summed E-state index contributed by atoms with van der Waals surface area (Å²) in [6.07, 6.45) is 2.07. The molecule has 0 aliphatic heterocycles. The van der Waals surface area contributed by atoms with Crippen LogP contribution in [0.3, 0.4) is 0 Å². The second-order valence-electron chi connectivity index (χ2n) is 5.32. The summed E-state index contributed by atoms with van der Waals surface area (Å²) in [6.45, 7) is 4.97. The Morgan fingerprint density at radius 3 is 2.64 bits per heavy atom. The number of rotatable bonds is 5. The lowest BCUT2D eigenvalue weighted by atomic mass is 10.1. The molecule has 3 aromatic rings. The van der Waals surface area contributed by atoms with Crippen molar-refractivity contribution in [2.75, 3.05) is 11.9 Å². The minimum atomic E-state index is 0.899. The molecule has 0 radical (unpaired) electrons. The normalized spacial score (nSPS) is 11.0. The molecule has 2 aromatic heterocycles. The monoisotopic (exact) mass is 375 g/mol. The highest BCUT2D eigenvalue weighted by Crippen LogP contribution is 2.30. The third-order valence-electron chi connectivity index (χ3n) is 3.54. The Morgan fingerprint density at radius 1 is 1.14 bits per heavy atom. The van der Waals surface area contributed by atoms with E-state index in [2.05, 4.69) is 60.9 Å². The molecule has 0 unspecified atom stereocenters. The number of aryl methyl sites for hydroxylation is 3. The van der Waals surface area contributed by atoms with Gasteiger partial charge in [-0.3, -0.25) is 0 Å². The van der Waals surface area contributed by atoms with E-state index in [1.165, 1.54) is 10.4 Å². The van der Waals surface area contributed by atoms with Crippen LogP contribution in [0.2, 0.25) is 0 Å². The number of aromatic nitrogens is 2. The summed E-state index contributed by atoms with van der Waals surface area (Å²) >= 11 is 5.37. The number of nitrogens with zero attached hydrogens (tertiary/aromatic N) is 2. The van der Waals surface area contributed by atoms with Gasteiger partial charge in [0.1, 0.15) is 5.82 Å². The summed E-state index contributed by atoms with van der Waals surface area (Å²) in [6, 6.07) is 8.34. The third-order valence-corrected chi connectivity index (χ3v) is 5.57. The zero-order chi connectivity index (χ0) is 15.5. The van der Waals surface area contributed by atoms with Crippen LogP contribution >= 0.6 is 27.3 Å². The number of hydrogen-bond acceptors (Lipinski definition) is 4. The Bertz CT molecular complexity index is 798. The van der Waals surface area contributed by atoms with Crippen LogP contribution in [0.15, 0.2) is 34.1 Å². The Hall–Kier alpha value is -1.46. The van der Waals surface area contributed by atoms with Gasteiger partial charge in [0, 0.05) is 39.3 Å². The Kier molecular flexibility index (Phi) is 4.74. The standard InChI is InChI=1S/C17H18BrN3S/c1-11-10-22-15(20-11)8-5-9-19-17-14-7-4-3-6-13(14)16(18)12(2)21-17/h3-4,6-7,10H,5,8-9H2,1-2H3,(H,19,21). The lowest BCUT2D eigenvalue weighted by Crippen LogP contribution is -2.06. The Balaban J connectivity index is 1.70. The highest BCUT2D eigenvalue weighted by Gasteiger charge is 2.08. The van der Waals surface area contributed by atoms with E-state index in [9.17, 15) is 0 Å². The summed E-state index contributed by atoms with van der Waals surface area (Å²) < 4.78 is 1.08. The predicted octanol–water partition coefficient (Wildman–Crippen LogP) is 5.12. The van der Waals surface area contributed by atoms with Crippen molar-refractivity contribution in [2.45, 2.75) is 26.7 Å². The fourth-order valence-corrected chi connectivity index (χ4v) is 3.70. The third kappa shape index (κ3) is 3.31. The van der Waals surface area contributed by atoms with Crippen LogP contribution in [0, 0.1) is 13.8 Å². The number of halogens is 1. The molecule has 2 heterocycles. The van der Waals surface area contributed by atoms with Gasteiger partial charge in [0.25, 0.3) is 0 Å². The summed E-state index contributed by atoms with van der Waals surface area (Å²) in [7, 11) is 0. The van der Waals surface area contributed by atoms with Gasteiger partial charge in [-0.1, -0.05) is 24.3 Å². The summed E-state index contributed by atoms with van der Waals surface area (Å²) in [4.78, 5) is 9.18. The largest absolute Gasteiger partial charge is 0.370 e. The Labute approximate surface area is 142 Å². The molecule has 114 valence electrons. The highest BCUT2D eigenvalue weighted by molar-refractivity contribution is 9.10. The first kappa shape index (κ1) is 15.4. The Morgan fingerprint density at radius 2 is 1.91 bits per heavy atom. The number of pyridine rings is 1. The number of fused-ring (bicyclic) bond motifs is 1. The summed E-state index contributed by atoms with van der Waals surface area (Å²) in [5, 5.41) is 9.16. The van der Waals surface area contributed by atoms with E-state index in [1.807, 2.05) is 13.8 Å². The quantitative estimate of drug-likeness (QED) is 0.629. The van der Waals surface area contributed by atoms with Gasteiger partial charge in [0.05, 0.1) is 10.7 Å². The van der Waals surface area contributed by atoms with Gasteiger partial charge in [-0.05, 0) is 36.2 Å². The minimum Gasteiger partial charge on any atom is -0.370 e. The van der Waals surface area contributed by atoms with E-state index in [-0.39, 0.29) is 0 Å². The fourth-order valence-electron chi connectivity index (χ4n) is 2.45. The molecule has 0 amide bonds. The van der Waals surface area contributed by atoms with Crippen molar-refractivity contribution >= 4 is 43.9 Å². The molecule has 1 aromatic carbocycles. The molecule has 0 fully saturated rings. The van der Waals surface area contributed by atoms with Crippen LogP contribution in [0.25, 0.3) is 10.8 Å². The molecule has 0 aliphatic rings. The van der Waals surface area contributed by atoms with Gasteiger partial charge in [0.2, 0.25) is 0 Å². The topological polar surface area (TPSA) is 37.8 Å². The van der Waals surface area contributed by atoms with E-state index in [0.717, 1.165) is 46.5 Å². The van der Waals surface area contributed by atoms with Gasteiger partial charge in [-0.2, -0.15) is 0 Å². The molecular formula is C17H18BrN3S. The first-order chi connectivity index (χ1) is 10.6. The molecule has 0 aliphatic carbocycles. The van der Waals surface area contributed by atoms with E-state index < -0.39 is 0 Å². The average Bonchev–Trinajstić information content (AvgIpc) is 2.94. The second kappa shape index (κ2) is 6.75. The van der Waals surface area contributed by atoms with Crippen molar-refractivity contribution in [3.8, 4) is 0 Å². The number of nitrogens with one attached hydrogen (secondary N) is 1. The molecule has 22 heavy (non-hydrogen) atoms. The van der Waals surface area contributed by atoms with E-state index >= 15 is 0 Å². The molecule has 0 saturated heterocycles. The maximum absolute atomic E-state index is 4.68. The van der Waals surface area contributed by atoms with Crippen LogP contribution in [-0.4, -0.2) is 16.5 Å². The molecular weight excluding hydrogens is 358 g/mol. The van der Waals surface area contributed by atoms with Gasteiger partial charge in [-0.25, -0.2) is 9.97 Å². The van der Waals surface area contributed by atoms with E-state index in [1.54, 1.807) is 11.3 Å². The zero-order valence-electron chi connectivity index (χ0n) is 12.7. The van der Waals surface area contributed by atoms with Crippen molar-refractivity contribution in [1.29, 1.82) is 0 Å². The maximum atomic E-state index is 4.68. The van der Waals surface area contributed by atoms with Crippen molar-refractivity contribution in [3.05, 3.63) is 50.5 Å². The van der Waals surface area contributed by atoms with Crippen molar-refractivity contribution in [2.24, 2.45) is 0 Å². The summed E-state index contributed by atoms with van der Waals surface area (Å²) in [5.74, 6) is 0.964. The van der Waals surface area contributed by atoms with Crippen LogP contribution in [-0.2, 0) is 6.42 Å². The molecule has 1 N–H and O–H groups in total. The van der Waals surface area contributed by atoms with Crippen LogP contribution in [0.1, 0.15) is 22.8 Å². The molecule has 3 nitrogen and oxygen atoms in total. The smallest absolute Gasteiger partial charge is 0.134 e. The summed E-state index contributed by atoms with van der Waals surface area (Å²) in [5.41, 5.74) is 2.13. The molecule has 0 spiro atoms. The van der Waals surface area contributed by atoms with E-state index in [0.29, 0.717) is 0 Å².